The maximum atomic E-state index is 11.7. The lowest BCUT2D eigenvalue weighted by Gasteiger charge is -2.24. The van der Waals surface area contributed by atoms with E-state index in [1.54, 1.807) is 13.1 Å². The van der Waals surface area contributed by atoms with Gasteiger partial charge in [-0.15, -0.1) is 0 Å². The van der Waals surface area contributed by atoms with Gasteiger partial charge in [-0.3, -0.25) is 15.3 Å². The van der Waals surface area contributed by atoms with Crippen LogP contribution in [-0.4, -0.2) is 21.4 Å². The van der Waals surface area contributed by atoms with E-state index in [4.69, 9.17) is 9.94 Å². The molecule has 2 heterocycles. The molecule has 1 atom stereocenters. The van der Waals surface area contributed by atoms with Crippen molar-refractivity contribution in [2.75, 3.05) is 12.1 Å². The van der Waals surface area contributed by atoms with Crippen molar-refractivity contribution in [2.45, 2.75) is 32.4 Å². The summed E-state index contributed by atoms with van der Waals surface area (Å²) in [6.07, 6.45) is 4.35. The molecule has 16 heavy (non-hydrogen) atoms. The Balaban J connectivity index is 2.33. The molecule has 1 aromatic heterocycles. The number of ether oxygens (including phenoxy) is 1. The molecule has 1 aliphatic rings. The van der Waals surface area contributed by atoms with Gasteiger partial charge in [0.15, 0.2) is 5.82 Å². The molecular formula is C10H15N3O3. The van der Waals surface area contributed by atoms with Crippen molar-refractivity contribution < 1.29 is 9.94 Å². The fraction of sp³-hybridized carbons (Fsp3) is 0.600. The maximum Gasteiger partial charge on any atom is 0.351 e. The van der Waals surface area contributed by atoms with Crippen molar-refractivity contribution in [3.63, 3.8) is 0 Å². The van der Waals surface area contributed by atoms with Gasteiger partial charge in [0.1, 0.15) is 6.23 Å². The van der Waals surface area contributed by atoms with Gasteiger partial charge >= 0.3 is 5.69 Å². The number of aryl methyl sites for hydroxylation is 1. The monoisotopic (exact) mass is 225 g/mol. The van der Waals surface area contributed by atoms with Gasteiger partial charge in [0.05, 0.1) is 0 Å². The van der Waals surface area contributed by atoms with E-state index >= 15 is 0 Å². The summed E-state index contributed by atoms with van der Waals surface area (Å²) in [5, 5.41) is 8.75. The predicted molar refractivity (Wildman–Crippen MR) is 57.5 cm³/mol. The lowest BCUT2D eigenvalue weighted by atomic mass is 10.2. The Bertz CT molecular complexity index is 424. The third kappa shape index (κ3) is 2.07. The van der Waals surface area contributed by atoms with Crippen LogP contribution in [0.2, 0.25) is 0 Å². The molecule has 0 saturated carbocycles. The molecule has 6 heteroatoms. The summed E-state index contributed by atoms with van der Waals surface area (Å²) >= 11 is 0. The van der Waals surface area contributed by atoms with Crippen molar-refractivity contribution in [2.24, 2.45) is 0 Å². The second-order valence-corrected chi connectivity index (χ2v) is 3.90. The first kappa shape index (κ1) is 11.1. The highest BCUT2D eigenvalue weighted by Crippen LogP contribution is 2.21. The quantitative estimate of drug-likeness (QED) is 0.736. The highest BCUT2D eigenvalue weighted by molar-refractivity contribution is 5.38. The third-order valence-electron chi connectivity index (χ3n) is 2.71. The zero-order valence-electron chi connectivity index (χ0n) is 9.14. The molecule has 2 N–H and O–H groups in total. The number of nitrogens with zero attached hydrogens (tertiary/aromatic N) is 2. The predicted octanol–water partition coefficient (Wildman–Crippen LogP) is 1.05. The van der Waals surface area contributed by atoms with Crippen LogP contribution < -0.4 is 11.2 Å². The average Bonchev–Trinajstić information content (AvgIpc) is 2.32. The Morgan fingerprint density at radius 1 is 1.62 bits per heavy atom. The second-order valence-electron chi connectivity index (χ2n) is 3.90. The number of nitrogens with one attached hydrogen (secondary N) is 1. The van der Waals surface area contributed by atoms with E-state index in [1.807, 2.05) is 5.48 Å². The second kappa shape index (κ2) is 4.63. The number of anilines is 1. The van der Waals surface area contributed by atoms with Gasteiger partial charge in [-0.2, -0.15) is 4.98 Å². The van der Waals surface area contributed by atoms with Crippen LogP contribution in [0.3, 0.4) is 0 Å². The lowest BCUT2D eigenvalue weighted by molar-refractivity contribution is -0.0349. The van der Waals surface area contributed by atoms with E-state index in [0.29, 0.717) is 12.2 Å². The van der Waals surface area contributed by atoms with Crippen LogP contribution in [0.5, 0.6) is 0 Å². The minimum Gasteiger partial charge on any atom is -0.358 e. The molecule has 0 aliphatic carbocycles. The summed E-state index contributed by atoms with van der Waals surface area (Å²) < 4.78 is 6.99. The molecule has 0 aromatic carbocycles. The van der Waals surface area contributed by atoms with Gasteiger partial charge in [-0.1, -0.05) is 0 Å². The van der Waals surface area contributed by atoms with E-state index < -0.39 is 5.69 Å². The van der Waals surface area contributed by atoms with Crippen molar-refractivity contribution in [1.82, 2.24) is 9.55 Å². The molecule has 2 rings (SSSR count). The summed E-state index contributed by atoms with van der Waals surface area (Å²) in [5.41, 5.74) is 2.20. The molecular weight excluding hydrogens is 210 g/mol. The van der Waals surface area contributed by atoms with E-state index in [9.17, 15) is 4.79 Å². The van der Waals surface area contributed by atoms with Crippen LogP contribution in [0.25, 0.3) is 0 Å². The largest absolute Gasteiger partial charge is 0.358 e. The molecule has 1 aromatic rings. The molecule has 6 nitrogen and oxygen atoms in total. The van der Waals surface area contributed by atoms with Crippen molar-refractivity contribution in [3.05, 3.63) is 22.2 Å². The van der Waals surface area contributed by atoms with E-state index in [2.05, 4.69) is 4.98 Å². The molecule has 0 unspecified atom stereocenters. The van der Waals surface area contributed by atoms with Crippen LogP contribution >= 0.6 is 0 Å². The van der Waals surface area contributed by atoms with E-state index in [-0.39, 0.29) is 12.0 Å². The summed E-state index contributed by atoms with van der Waals surface area (Å²) in [6.45, 7) is 2.44. The van der Waals surface area contributed by atoms with Gasteiger partial charge in [0, 0.05) is 18.4 Å². The van der Waals surface area contributed by atoms with Crippen molar-refractivity contribution >= 4 is 5.82 Å². The summed E-state index contributed by atoms with van der Waals surface area (Å²) in [4.78, 5) is 15.4. The molecule has 1 saturated heterocycles. The van der Waals surface area contributed by atoms with Gasteiger partial charge < -0.3 is 4.74 Å². The number of hydrogen-bond donors (Lipinski definition) is 2. The highest BCUT2D eigenvalue weighted by Gasteiger charge is 2.18. The number of aromatic nitrogens is 2. The average molecular weight is 225 g/mol. The fourth-order valence-electron chi connectivity index (χ4n) is 1.83. The first-order valence-electron chi connectivity index (χ1n) is 5.34. The van der Waals surface area contributed by atoms with E-state index in [1.165, 1.54) is 4.57 Å². The van der Waals surface area contributed by atoms with Gasteiger partial charge in [0.2, 0.25) is 0 Å². The van der Waals surface area contributed by atoms with Crippen molar-refractivity contribution in [1.29, 1.82) is 0 Å². The molecule has 1 aliphatic heterocycles. The molecule has 0 bridgehead atoms. The van der Waals surface area contributed by atoms with Crippen LogP contribution in [0.15, 0.2) is 11.0 Å². The minimum atomic E-state index is -0.408. The third-order valence-corrected chi connectivity index (χ3v) is 2.71. The van der Waals surface area contributed by atoms with Crippen LogP contribution in [-0.2, 0) is 4.74 Å². The Labute approximate surface area is 92.8 Å². The molecule has 0 spiro atoms. The van der Waals surface area contributed by atoms with Gasteiger partial charge in [-0.25, -0.2) is 4.79 Å². The topological polar surface area (TPSA) is 76.4 Å². The number of rotatable bonds is 2. The first-order chi connectivity index (χ1) is 7.72. The normalized spacial score (nSPS) is 20.8. The zero-order valence-corrected chi connectivity index (χ0v) is 9.14. The number of hydrogen-bond acceptors (Lipinski definition) is 5. The highest BCUT2D eigenvalue weighted by atomic mass is 16.5. The summed E-state index contributed by atoms with van der Waals surface area (Å²) in [5.74, 6) is 0.192. The SMILES string of the molecule is Cc1cn([C@H]2CCCCO2)c(=O)nc1NO. The standard InChI is InChI=1S/C10H15N3O3/c1-7-6-13(8-4-2-3-5-16-8)10(14)11-9(7)12-15/h6,8,15H,2-5H2,1H3,(H,11,12,14)/t8-/m1/s1. The molecule has 88 valence electrons. The van der Waals surface area contributed by atoms with Crippen LogP contribution in [0.4, 0.5) is 5.82 Å². The Kier molecular flexibility index (Phi) is 3.21. The van der Waals surface area contributed by atoms with Gasteiger partial charge in [-0.05, 0) is 26.2 Å². The molecule has 0 radical (unpaired) electrons. The fourth-order valence-corrected chi connectivity index (χ4v) is 1.83. The lowest BCUT2D eigenvalue weighted by Crippen LogP contribution is -2.31. The summed E-state index contributed by atoms with van der Waals surface area (Å²) in [6, 6.07) is 0. The van der Waals surface area contributed by atoms with E-state index in [0.717, 1.165) is 19.3 Å². The first-order valence-corrected chi connectivity index (χ1v) is 5.34. The Hall–Kier alpha value is -1.40. The Morgan fingerprint density at radius 3 is 3.06 bits per heavy atom. The molecule has 0 amide bonds. The van der Waals surface area contributed by atoms with Crippen LogP contribution in [0.1, 0.15) is 31.1 Å². The molecule has 1 fully saturated rings. The zero-order chi connectivity index (χ0) is 11.5. The minimum absolute atomic E-state index is 0.192. The Morgan fingerprint density at radius 2 is 2.44 bits per heavy atom. The van der Waals surface area contributed by atoms with Crippen LogP contribution in [0, 0.1) is 6.92 Å². The smallest absolute Gasteiger partial charge is 0.351 e. The summed E-state index contributed by atoms with van der Waals surface area (Å²) in [7, 11) is 0. The van der Waals surface area contributed by atoms with Gasteiger partial charge in [0.25, 0.3) is 0 Å². The van der Waals surface area contributed by atoms with Crippen molar-refractivity contribution in [3.8, 4) is 0 Å². The maximum absolute atomic E-state index is 11.7.